The SMILES string of the molecule is O=C1N([C@H]2CC[C@H](O)CC2)CCC12CCN(c1ncc(C(F)(F)F)cc1Cl)CC2. The van der Waals surface area contributed by atoms with E-state index in [1.54, 1.807) is 0 Å². The highest BCUT2D eigenvalue weighted by Crippen LogP contribution is 2.45. The van der Waals surface area contributed by atoms with E-state index in [-0.39, 0.29) is 28.5 Å². The molecule has 1 aliphatic carbocycles. The van der Waals surface area contributed by atoms with E-state index in [2.05, 4.69) is 4.98 Å². The van der Waals surface area contributed by atoms with Crippen LogP contribution in [0.2, 0.25) is 5.02 Å². The van der Waals surface area contributed by atoms with Crippen molar-refractivity contribution in [2.24, 2.45) is 5.41 Å². The molecule has 0 atom stereocenters. The van der Waals surface area contributed by atoms with Gasteiger partial charge in [0.2, 0.25) is 5.91 Å². The number of rotatable bonds is 2. The van der Waals surface area contributed by atoms with Crippen LogP contribution in [0.25, 0.3) is 0 Å². The Labute approximate surface area is 172 Å². The van der Waals surface area contributed by atoms with Gasteiger partial charge in [0.1, 0.15) is 5.82 Å². The van der Waals surface area contributed by atoms with E-state index in [0.29, 0.717) is 31.7 Å². The van der Waals surface area contributed by atoms with Crippen LogP contribution < -0.4 is 4.90 Å². The lowest BCUT2D eigenvalue weighted by molar-refractivity contribution is -0.140. The minimum atomic E-state index is -4.48. The number of carbonyl (C=O) groups is 1. The molecule has 160 valence electrons. The maximum atomic E-state index is 13.2. The van der Waals surface area contributed by atoms with Gasteiger partial charge in [0.05, 0.1) is 22.1 Å². The number of aliphatic hydroxyl groups is 1. The first kappa shape index (κ1) is 20.7. The number of likely N-dealkylation sites (tertiary alicyclic amines) is 1. The third kappa shape index (κ3) is 3.93. The van der Waals surface area contributed by atoms with Crippen molar-refractivity contribution in [1.29, 1.82) is 0 Å². The summed E-state index contributed by atoms with van der Waals surface area (Å²) in [5.41, 5.74) is -1.25. The van der Waals surface area contributed by atoms with Crippen molar-refractivity contribution in [3.05, 3.63) is 22.8 Å². The number of aliphatic hydroxyl groups excluding tert-OH is 1. The van der Waals surface area contributed by atoms with Crippen molar-refractivity contribution in [3.63, 3.8) is 0 Å². The van der Waals surface area contributed by atoms with E-state index >= 15 is 0 Å². The number of piperidine rings is 1. The van der Waals surface area contributed by atoms with E-state index in [9.17, 15) is 23.1 Å². The molecule has 3 heterocycles. The predicted molar refractivity (Wildman–Crippen MR) is 103 cm³/mol. The Bertz CT molecular complexity index is 773. The summed E-state index contributed by atoms with van der Waals surface area (Å²) in [6.07, 6.45) is 1.38. The van der Waals surface area contributed by atoms with Gasteiger partial charge in [-0.1, -0.05) is 11.6 Å². The first-order valence-electron chi connectivity index (χ1n) is 10.2. The lowest BCUT2D eigenvalue weighted by atomic mass is 9.77. The van der Waals surface area contributed by atoms with Gasteiger partial charge in [0.15, 0.2) is 0 Å². The number of nitrogens with zero attached hydrogens (tertiary/aromatic N) is 3. The van der Waals surface area contributed by atoms with Crippen LogP contribution in [-0.2, 0) is 11.0 Å². The van der Waals surface area contributed by atoms with E-state index in [4.69, 9.17) is 11.6 Å². The molecule has 0 bridgehead atoms. The molecule has 1 N–H and O–H groups in total. The molecule has 0 unspecified atom stereocenters. The predicted octanol–water partition coefficient (Wildman–Crippen LogP) is 3.88. The van der Waals surface area contributed by atoms with Crippen LogP contribution in [0.3, 0.4) is 0 Å². The van der Waals surface area contributed by atoms with E-state index < -0.39 is 11.7 Å². The van der Waals surface area contributed by atoms with Gasteiger partial charge < -0.3 is 14.9 Å². The van der Waals surface area contributed by atoms with Gasteiger partial charge in [-0.05, 0) is 51.0 Å². The van der Waals surface area contributed by atoms with Gasteiger partial charge in [0, 0.05) is 31.9 Å². The molecule has 29 heavy (non-hydrogen) atoms. The molecule has 9 heteroatoms. The van der Waals surface area contributed by atoms with Gasteiger partial charge >= 0.3 is 6.18 Å². The second-order valence-corrected chi connectivity index (χ2v) is 8.91. The third-order valence-electron chi connectivity index (χ3n) is 6.82. The van der Waals surface area contributed by atoms with Crippen molar-refractivity contribution in [3.8, 4) is 0 Å². The first-order chi connectivity index (χ1) is 13.7. The lowest BCUT2D eigenvalue weighted by Gasteiger charge is -2.40. The number of halogens is 4. The maximum absolute atomic E-state index is 13.2. The largest absolute Gasteiger partial charge is 0.417 e. The molecule has 2 saturated heterocycles. The topological polar surface area (TPSA) is 56.7 Å². The number of carbonyl (C=O) groups excluding carboxylic acids is 1. The molecule has 1 spiro atoms. The summed E-state index contributed by atoms with van der Waals surface area (Å²) in [7, 11) is 0. The minimum Gasteiger partial charge on any atom is -0.393 e. The average Bonchev–Trinajstić information content (AvgIpc) is 2.99. The van der Waals surface area contributed by atoms with Crippen LogP contribution in [0.4, 0.5) is 19.0 Å². The summed E-state index contributed by atoms with van der Waals surface area (Å²) in [5.74, 6) is 0.545. The molecular formula is C20H25ClF3N3O2. The third-order valence-corrected chi connectivity index (χ3v) is 7.10. The van der Waals surface area contributed by atoms with Crippen LogP contribution in [0.5, 0.6) is 0 Å². The number of aromatic nitrogens is 1. The van der Waals surface area contributed by atoms with Gasteiger partial charge in [0.25, 0.3) is 0 Å². The monoisotopic (exact) mass is 431 g/mol. The summed E-state index contributed by atoms with van der Waals surface area (Å²) < 4.78 is 38.5. The van der Waals surface area contributed by atoms with Crippen molar-refractivity contribution < 1.29 is 23.1 Å². The normalized spacial score (nSPS) is 27.7. The highest BCUT2D eigenvalue weighted by Gasteiger charge is 2.50. The summed E-state index contributed by atoms with van der Waals surface area (Å²) in [5, 5.41) is 9.69. The fourth-order valence-corrected chi connectivity index (χ4v) is 5.28. The highest BCUT2D eigenvalue weighted by atomic mass is 35.5. The smallest absolute Gasteiger partial charge is 0.393 e. The number of pyridine rings is 1. The van der Waals surface area contributed by atoms with E-state index in [1.165, 1.54) is 0 Å². The Balaban J connectivity index is 1.41. The van der Waals surface area contributed by atoms with Crippen LogP contribution in [0, 0.1) is 5.41 Å². The Morgan fingerprint density at radius 2 is 1.72 bits per heavy atom. The molecule has 4 rings (SSSR count). The molecule has 0 aromatic carbocycles. The van der Waals surface area contributed by atoms with E-state index in [1.807, 2.05) is 9.80 Å². The van der Waals surface area contributed by atoms with Crippen molar-refractivity contribution in [1.82, 2.24) is 9.88 Å². The summed E-state index contributed by atoms with van der Waals surface area (Å²) in [6.45, 7) is 1.83. The fourth-order valence-electron chi connectivity index (χ4n) is 4.99. The van der Waals surface area contributed by atoms with Crippen molar-refractivity contribution >= 4 is 23.3 Å². The van der Waals surface area contributed by atoms with Crippen LogP contribution in [-0.4, -0.2) is 52.7 Å². The quantitative estimate of drug-likeness (QED) is 0.772. The van der Waals surface area contributed by atoms with Gasteiger partial charge in [-0.2, -0.15) is 13.2 Å². The molecule has 2 aliphatic heterocycles. The number of hydrogen-bond acceptors (Lipinski definition) is 4. The first-order valence-corrected chi connectivity index (χ1v) is 10.5. The molecule has 1 saturated carbocycles. The fraction of sp³-hybridized carbons (Fsp3) is 0.700. The second-order valence-electron chi connectivity index (χ2n) is 8.51. The van der Waals surface area contributed by atoms with Gasteiger partial charge in [-0.3, -0.25) is 4.79 Å². The Morgan fingerprint density at radius 1 is 1.10 bits per heavy atom. The number of alkyl halides is 3. The summed E-state index contributed by atoms with van der Waals surface area (Å²) in [6, 6.07) is 1.13. The summed E-state index contributed by atoms with van der Waals surface area (Å²) in [4.78, 5) is 21.0. The summed E-state index contributed by atoms with van der Waals surface area (Å²) >= 11 is 6.09. The van der Waals surface area contributed by atoms with Gasteiger partial charge in [-0.25, -0.2) is 4.98 Å². The molecule has 1 amide bonds. The highest BCUT2D eigenvalue weighted by molar-refractivity contribution is 6.33. The van der Waals surface area contributed by atoms with E-state index in [0.717, 1.165) is 50.9 Å². The van der Waals surface area contributed by atoms with Crippen LogP contribution in [0.15, 0.2) is 12.3 Å². The average molecular weight is 432 g/mol. The molecular weight excluding hydrogens is 407 g/mol. The zero-order valence-electron chi connectivity index (χ0n) is 16.1. The van der Waals surface area contributed by atoms with Gasteiger partial charge in [-0.15, -0.1) is 0 Å². The Hall–Kier alpha value is -1.54. The minimum absolute atomic E-state index is 0.0177. The van der Waals surface area contributed by atoms with Crippen molar-refractivity contribution in [2.45, 2.75) is 63.3 Å². The molecule has 1 aromatic heterocycles. The standard InChI is InChI=1S/C20H25ClF3N3O2/c21-16-11-13(20(22,23)24)12-25-17(16)26-8-5-19(6-9-26)7-10-27(18(19)29)14-1-3-15(28)4-2-14/h11-12,14-15,28H,1-10H2/t14-,15-. The molecule has 1 aromatic rings. The van der Waals surface area contributed by atoms with Crippen LogP contribution >= 0.6 is 11.6 Å². The molecule has 5 nitrogen and oxygen atoms in total. The zero-order valence-corrected chi connectivity index (χ0v) is 16.8. The Morgan fingerprint density at radius 3 is 2.31 bits per heavy atom. The Kier molecular flexibility index (Phi) is 5.44. The van der Waals surface area contributed by atoms with Crippen molar-refractivity contribution in [2.75, 3.05) is 24.5 Å². The molecule has 3 fully saturated rings. The maximum Gasteiger partial charge on any atom is 0.417 e. The number of hydrogen-bond donors (Lipinski definition) is 1. The number of anilines is 1. The molecule has 0 radical (unpaired) electrons. The number of amides is 1. The zero-order chi connectivity index (χ0) is 20.8. The van der Waals surface area contributed by atoms with Crippen LogP contribution in [0.1, 0.15) is 50.5 Å². The second kappa shape index (κ2) is 7.61. The lowest BCUT2D eigenvalue weighted by Crippen LogP contribution is -2.47. The molecule has 3 aliphatic rings.